The van der Waals surface area contributed by atoms with Crippen LogP contribution in [0.1, 0.15) is 25.3 Å². The maximum Gasteiger partial charge on any atom is 0.0480 e. The number of hydrogen-bond donors (Lipinski definition) is 1. The Hall–Kier alpha value is -0.380. The zero-order valence-corrected chi connectivity index (χ0v) is 9.56. The molecular weight excluding hydrogens is 194 g/mol. The second-order valence-electron chi connectivity index (χ2n) is 3.42. The fraction of sp³-hybridized carbons (Fsp3) is 0.636. The van der Waals surface area contributed by atoms with Crippen LogP contribution in [0.4, 0.5) is 0 Å². The highest BCUT2D eigenvalue weighted by atomic mass is 32.1. The first-order valence-corrected chi connectivity index (χ1v) is 6.11. The molecule has 0 aliphatic heterocycles. The van der Waals surface area contributed by atoms with Crippen molar-refractivity contribution in [2.24, 2.45) is 5.73 Å². The van der Waals surface area contributed by atoms with Crippen molar-refractivity contribution in [3.63, 3.8) is 0 Å². The Balaban J connectivity index is 2.06. The van der Waals surface area contributed by atoms with E-state index in [0.29, 0.717) is 0 Å². The summed E-state index contributed by atoms with van der Waals surface area (Å²) in [5, 5.41) is 4.30. The van der Waals surface area contributed by atoms with Crippen LogP contribution < -0.4 is 5.73 Å². The highest BCUT2D eigenvalue weighted by Crippen LogP contribution is 2.10. The minimum absolute atomic E-state index is 0.279. The van der Waals surface area contributed by atoms with Gasteiger partial charge >= 0.3 is 0 Å². The van der Waals surface area contributed by atoms with Gasteiger partial charge in [0.2, 0.25) is 0 Å². The lowest BCUT2D eigenvalue weighted by atomic mass is 10.1. The molecule has 1 aromatic rings. The number of hydrogen-bond acceptors (Lipinski definition) is 3. The minimum atomic E-state index is 0.279. The molecule has 0 amide bonds. The minimum Gasteiger partial charge on any atom is -0.382 e. The summed E-state index contributed by atoms with van der Waals surface area (Å²) in [5.41, 5.74) is 7.36. The highest BCUT2D eigenvalue weighted by Gasteiger charge is 2.03. The lowest BCUT2D eigenvalue weighted by molar-refractivity contribution is 0.139. The molecule has 0 radical (unpaired) electrons. The van der Waals surface area contributed by atoms with E-state index >= 15 is 0 Å². The first kappa shape index (κ1) is 11.7. The molecular formula is C11H19NOS. The van der Waals surface area contributed by atoms with Crippen LogP contribution >= 0.6 is 11.3 Å². The molecule has 0 aliphatic carbocycles. The van der Waals surface area contributed by atoms with E-state index in [1.54, 1.807) is 11.3 Å². The zero-order chi connectivity index (χ0) is 10.2. The van der Waals surface area contributed by atoms with Gasteiger partial charge in [-0.2, -0.15) is 11.3 Å². The second kappa shape index (κ2) is 6.98. The van der Waals surface area contributed by atoms with E-state index in [4.69, 9.17) is 10.5 Å². The van der Waals surface area contributed by atoms with Crippen molar-refractivity contribution in [1.29, 1.82) is 0 Å². The van der Waals surface area contributed by atoms with Gasteiger partial charge in [0.1, 0.15) is 0 Å². The van der Waals surface area contributed by atoms with E-state index in [2.05, 4.69) is 16.8 Å². The summed E-state index contributed by atoms with van der Waals surface area (Å²) in [4.78, 5) is 0. The predicted octanol–water partition coefficient (Wildman–Crippen LogP) is 2.43. The van der Waals surface area contributed by atoms with Crippen LogP contribution in [0.15, 0.2) is 16.8 Å². The smallest absolute Gasteiger partial charge is 0.0480 e. The SMILES string of the molecule is CCOCCC(N)CCc1ccsc1. The highest BCUT2D eigenvalue weighted by molar-refractivity contribution is 7.07. The van der Waals surface area contributed by atoms with Gasteiger partial charge in [-0.05, 0) is 48.6 Å². The quantitative estimate of drug-likeness (QED) is 0.706. The molecule has 0 saturated heterocycles. The Morgan fingerprint density at radius 1 is 1.50 bits per heavy atom. The van der Waals surface area contributed by atoms with Gasteiger partial charge in [0.15, 0.2) is 0 Å². The third kappa shape index (κ3) is 4.74. The molecule has 0 bridgehead atoms. The number of thiophene rings is 1. The first-order valence-electron chi connectivity index (χ1n) is 5.17. The average molecular weight is 213 g/mol. The summed E-state index contributed by atoms with van der Waals surface area (Å²) in [6, 6.07) is 2.45. The van der Waals surface area contributed by atoms with Crippen molar-refractivity contribution in [3.05, 3.63) is 22.4 Å². The average Bonchev–Trinajstić information content (AvgIpc) is 2.68. The monoisotopic (exact) mass is 213 g/mol. The lowest BCUT2D eigenvalue weighted by Gasteiger charge is -2.10. The Labute approximate surface area is 90.1 Å². The van der Waals surface area contributed by atoms with Crippen molar-refractivity contribution in [2.45, 2.75) is 32.2 Å². The van der Waals surface area contributed by atoms with E-state index < -0.39 is 0 Å². The molecule has 1 atom stereocenters. The zero-order valence-electron chi connectivity index (χ0n) is 8.74. The van der Waals surface area contributed by atoms with Crippen molar-refractivity contribution in [3.8, 4) is 0 Å². The molecule has 14 heavy (non-hydrogen) atoms. The Morgan fingerprint density at radius 2 is 2.36 bits per heavy atom. The van der Waals surface area contributed by atoms with E-state index in [0.717, 1.165) is 32.5 Å². The molecule has 0 aliphatic rings. The van der Waals surface area contributed by atoms with Crippen molar-refractivity contribution in [1.82, 2.24) is 0 Å². The van der Waals surface area contributed by atoms with Crippen molar-refractivity contribution >= 4 is 11.3 Å². The third-order valence-corrected chi connectivity index (χ3v) is 2.95. The largest absolute Gasteiger partial charge is 0.382 e. The maximum atomic E-state index is 5.95. The van der Waals surface area contributed by atoms with E-state index in [9.17, 15) is 0 Å². The molecule has 1 rings (SSSR count). The van der Waals surface area contributed by atoms with Crippen LogP contribution in [0.3, 0.4) is 0 Å². The molecule has 0 saturated carbocycles. The van der Waals surface area contributed by atoms with E-state index in [1.807, 2.05) is 6.92 Å². The van der Waals surface area contributed by atoms with Crippen LogP contribution in [0, 0.1) is 0 Å². The van der Waals surface area contributed by atoms with Gasteiger partial charge in [-0.15, -0.1) is 0 Å². The topological polar surface area (TPSA) is 35.2 Å². The van der Waals surface area contributed by atoms with Gasteiger partial charge in [-0.3, -0.25) is 0 Å². The summed E-state index contributed by atoms with van der Waals surface area (Å²) in [5.74, 6) is 0. The lowest BCUT2D eigenvalue weighted by Crippen LogP contribution is -2.22. The van der Waals surface area contributed by atoms with E-state index in [1.165, 1.54) is 5.56 Å². The molecule has 1 heterocycles. The molecule has 1 aromatic heterocycles. The molecule has 1 unspecified atom stereocenters. The van der Waals surface area contributed by atoms with Crippen LogP contribution in [-0.2, 0) is 11.2 Å². The molecule has 0 fully saturated rings. The molecule has 0 aromatic carbocycles. The fourth-order valence-electron chi connectivity index (χ4n) is 1.31. The maximum absolute atomic E-state index is 5.95. The first-order chi connectivity index (χ1) is 6.83. The van der Waals surface area contributed by atoms with Crippen LogP contribution in [0.5, 0.6) is 0 Å². The molecule has 3 heteroatoms. The summed E-state index contributed by atoms with van der Waals surface area (Å²) in [6.45, 7) is 3.59. The number of nitrogens with two attached hydrogens (primary N) is 1. The van der Waals surface area contributed by atoms with Gasteiger partial charge in [-0.1, -0.05) is 0 Å². The van der Waals surface area contributed by atoms with E-state index in [-0.39, 0.29) is 6.04 Å². The second-order valence-corrected chi connectivity index (χ2v) is 4.20. The van der Waals surface area contributed by atoms with Gasteiger partial charge < -0.3 is 10.5 Å². The van der Waals surface area contributed by atoms with Crippen LogP contribution in [0.25, 0.3) is 0 Å². The summed E-state index contributed by atoms with van der Waals surface area (Å²) < 4.78 is 5.26. The van der Waals surface area contributed by atoms with Crippen molar-refractivity contribution in [2.75, 3.05) is 13.2 Å². The normalized spacial score (nSPS) is 13.0. The molecule has 0 spiro atoms. The third-order valence-electron chi connectivity index (χ3n) is 2.22. The van der Waals surface area contributed by atoms with Crippen LogP contribution in [0.2, 0.25) is 0 Å². The number of aryl methyl sites for hydroxylation is 1. The van der Waals surface area contributed by atoms with Crippen molar-refractivity contribution < 1.29 is 4.74 Å². The Kier molecular flexibility index (Phi) is 5.83. The van der Waals surface area contributed by atoms with Gasteiger partial charge in [0.25, 0.3) is 0 Å². The molecule has 2 N–H and O–H groups in total. The van der Waals surface area contributed by atoms with Crippen LogP contribution in [-0.4, -0.2) is 19.3 Å². The molecule has 2 nitrogen and oxygen atoms in total. The number of ether oxygens (including phenoxy) is 1. The Bertz CT molecular complexity index is 223. The van der Waals surface area contributed by atoms with Gasteiger partial charge in [0.05, 0.1) is 0 Å². The summed E-state index contributed by atoms with van der Waals surface area (Å²) in [6.07, 6.45) is 3.12. The summed E-state index contributed by atoms with van der Waals surface area (Å²) >= 11 is 1.75. The fourth-order valence-corrected chi connectivity index (χ4v) is 2.01. The standard InChI is InChI=1S/C11H19NOS/c1-2-13-7-5-11(12)4-3-10-6-8-14-9-10/h6,8-9,11H,2-5,7,12H2,1H3. The van der Waals surface area contributed by atoms with Gasteiger partial charge in [-0.25, -0.2) is 0 Å². The predicted molar refractivity (Wildman–Crippen MR) is 61.7 cm³/mol. The Morgan fingerprint density at radius 3 is 3.00 bits per heavy atom. The number of rotatable bonds is 7. The van der Waals surface area contributed by atoms with Gasteiger partial charge in [0, 0.05) is 19.3 Å². The molecule has 80 valence electrons. The summed E-state index contributed by atoms with van der Waals surface area (Å²) in [7, 11) is 0.